The molecule has 0 saturated heterocycles. The second-order valence-electron chi connectivity index (χ2n) is 4.96. The molecule has 0 spiro atoms. The maximum atomic E-state index is 10.1. The van der Waals surface area contributed by atoms with E-state index in [1.54, 1.807) is 0 Å². The van der Waals surface area contributed by atoms with Gasteiger partial charge in [0.05, 0.1) is 11.6 Å². The third kappa shape index (κ3) is 2.18. The molecule has 17 heavy (non-hydrogen) atoms. The van der Waals surface area contributed by atoms with Crippen molar-refractivity contribution < 1.29 is 5.11 Å². The van der Waals surface area contributed by atoms with E-state index in [0.29, 0.717) is 12.3 Å². The van der Waals surface area contributed by atoms with Crippen molar-refractivity contribution in [3.8, 4) is 0 Å². The SMILES string of the molecule is OC(Cc1ccc2ccccc2n1)C1CCC1. The molecule has 1 aliphatic rings. The number of benzene rings is 1. The lowest BCUT2D eigenvalue weighted by Gasteiger charge is -2.30. The quantitative estimate of drug-likeness (QED) is 0.874. The van der Waals surface area contributed by atoms with E-state index in [2.05, 4.69) is 17.1 Å². The van der Waals surface area contributed by atoms with Gasteiger partial charge in [0.15, 0.2) is 0 Å². The standard InChI is InChI=1S/C15H17NO/c17-15(12-5-3-6-12)10-13-9-8-11-4-1-2-7-14(11)16-13/h1-2,4,7-9,12,15,17H,3,5-6,10H2. The lowest BCUT2D eigenvalue weighted by Crippen LogP contribution is -2.28. The molecule has 1 aromatic carbocycles. The van der Waals surface area contributed by atoms with Crippen LogP contribution in [0.3, 0.4) is 0 Å². The second kappa shape index (κ2) is 4.46. The third-order valence-electron chi connectivity index (χ3n) is 3.77. The summed E-state index contributed by atoms with van der Waals surface area (Å²) in [6.07, 6.45) is 4.10. The lowest BCUT2D eigenvalue weighted by molar-refractivity contribution is 0.0623. The zero-order valence-corrected chi connectivity index (χ0v) is 9.84. The molecular weight excluding hydrogens is 210 g/mol. The average molecular weight is 227 g/mol. The fraction of sp³-hybridized carbons (Fsp3) is 0.400. The highest BCUT2D eigenvalue weighted by atomic mass is 16.3. The average Bonchev–Trinajstić information content (AvgIpc) is 2.26. The van der Waals surface area contributed by atoms with Crippen LogP contribution >= 0.6 is 0 Å². The van der Waals surface area contributed by atoms with Crippen molar-refractivity contribution in [2.75, 3.05) is 0 Å². The van der Waals surface area contributed by atoms with E-state index in [0.717, 1.165) is 16.6 Å². The highest BCUT2D eigenvalue weighted by Gasteiger charge is 2.25. The Morgan fingerprint density at radius 3 is 2.76 bits per heavy atom. The van der Waals surface area contributed by atoms with Crippen molar-refractivity contribution >= 4 is 10.9 Å². The number of hydrogen-bond acceptors (Lipinski definition) is 2. The summed E-state index contributed by atoms with van der Waals surface area (Å²) in [7, 11) is 0. The Morgan fingerprint density at radius 1 is 1.18 bits per heavy atom. The fourth-order valence-corrected chi connectivity index (χ4v) is 2.43. The van der Waals surface area contributed by atoms with Gasteiger partial charge < -0.3 is 5.11 Å². The van der Waals surface area contributed by atoms with E-state index in [9.17, 15) is 5.11 Å². The Hall–Kier alpha value is -1.41. The molecule has 1 unspecified atom stereocenters. The molecule has 1 saturated carbocycles. The minimum absolute atomic E-state index is 0.211. The Labute approximate surface area is 101 Å². The Bertz CT molecular complexity index is 519. The smallest absolute Gasteiger partial charge is 0.0705 e. The van der Waals surface area contributed by atoms with Crippen molar-refractivity contribution in [2.24, 2.45) is 5.92 Å². The predicted octanol–water partition coefficient (Wildman–Crippen LogP) is 2.94. The van der Waals surface area contributed by atoms with Crippen LogP contribution < -0.4 is 0 Å². The van der Waals surface area contributed by atoms with Gasteiger partial charge in [-0.1, -0.05) is 30.7 Å². The van der Waals surface area contributed by atoms with Gasteiger partial charge in [-0.25, -0.2) is 0 Å². The summed E-state index contributed by atoms with van der Waals surface area (Å²) in [5, 5.41) is 11.2. The number of para-hydroxylation sites is 1. The van der Waals surface area contributed by atoms with Crippen LogP contribution in [-0.4, -0.2) is 16.2 Å². The van der Waals surface area contributed by atoms with Crippen LogP contribution in [0.1, 0.15) is 25.0 Å². The molecule has 88 valence electrons. The summed E-state index contributed by atoms with van der Waals surface area (Å²) in [6, 6.07) is 12.2. The molecule has 0 amide bonds. The monoisotopic (exact) mass is 227 g/mol. The van der Waals surface area contributed by atoms with Crippen LogP contribution in [-0.2, 0) is 6.42 Å². The largest absolute Gasteiger partial charge is 0.392 e. The van der Waals surface area contributed by atoms with Gasteiger partial charge in [0.25, 0.3) is 0 Å². The summed E-state index contributed by atoms with van der Waals surface area (Å²) >= 11 is 0. The minimum atomic E-state index is -0.211. The van der Waals surface area contributed by atoms with Crippen molar-refractivity contribution in [3.63, 3.8) is 0 Å². The molecule has 0 bridgehead atoms. The number of aliphatic hydroxyl groups is 1. The molecular formula is C15H17NO. The predicted molar refractivity (Wildman–Crippen MR) is 68.8 cm³/mol. The number of pyridine rings is 1. The molecule has 1 aliphatic carbocycles. The van der Waals surface area contributed by atoms with Gasteiger partial charge in [-0.05, 0) is 30.9 Å². The van der Waals surface area contributed by atoms with Gasteiger partial charge in [0.2, 0.25) is 0 Å². The fourth-order valence-electron chi connectivity index (χ4n) is 2.43. The van der Waals surface area contributed by atoms with Crippen LogP contribution in [0.15, 0.2) is 36.4 Å². The normalized spacial score (nSPS) is 17.9. The minimum Gasteiger partial charge on any atom is -0.392 e. The zero-order chi connectivity index (χ0) is 11.7. The van der Waals surface area contributed by atoms with Gasteiger partial charge in [0.1, 0.15) is 0 Å². The Morgan fingerprint density at radius 2 is 2.00 bits per heavy atom. The van der Waals surface area contributed by atoms with Crippen molar-refractivity contribution in [2.45, 2.75) is 31.8 Å². The van der Waals surface area contributed by atoms with E-state index in [1.807, 2.05) is 24.3 Å². The van der Waals surface area contributed by atoms with Gasteiger partial charge in [-0.15, -0.1) is 0 Å². The summed E-state index contributed by atoms with van der Waals surface area (Å²) in [5.74, 6) is 0.503. The van der Waals surface area contributed by atoms with Crippen molar-refractivity contribution in [3.05, 3.63) is 42.1 Å². The number of fused-ring (bicyclic) bond motifs is 1. The molecule has 2 heteroatoms. The van der Waals surface area contributed by atoms with Gasteiger partial charge >= 0.3 is 0 Å². The van der Waals surface area contributed by atoms with E-state index in [4.69, 9.17) is 0 Å². The van der Waals surface area contributed by atoms with Crippen molar-refractivity contribution in [1.82, 2.24) is 4.98 Å². The van der Waals surface area contributed by atoms with Crippen LogP contribution in [0.4, 0.5) is 0 Å². The van der Waals surface area contributed by atoms with Crippen LogP contribution in [0.25, 0.3) is 10.9 Å². The molecule has 2 nitrogen and oxygen atoms in total. The molecule has 1 N–H and O–H groups in total. The topological polar surface area (TPSA) is 33.1 Å². The Balaban J connectivity index is 1.80. The van der Waals surface area contributed by atoms with E-state index < -0.39 is 0 Å². The van der Waals surface area contributed by atoms with Gasteiger partial charge in [0, 0.05) is 17.5 Å². The first-order valence-corrected chi connectivity index (χ1v) is 6.36. The number of hydrogen-bond donors (Lipinski definition) is 1. The summed E-state index contributed by atoms with van der Waals surface area (Å²) in [4.78, 5) is 4.60. The molecule has 0 aliphatic heterocycles. The third-order valence-corrected chi connectivity index (χ3v) is 3.77. The van der Waals surface area contributed by atoms with Gasteiger partial charge in [-0.3, -0.25) is 4.98 Å². The first-order valence-electron chi connectivity index (χ1n) is 6.36. The number of nitrogens with zero attached hydrogens (tertiary/aromatic N) is 1. The van der Waals surface area contributed by atoms with Crippen LogP contribution in [0.5, 0.6) is 0 Å². The lowest BCUT2D eigenvalue weighted by atomic mass is 9.80. The van der Waals surface area contributed by atoms with E-state index in [1.165, 1.54) is 19.3 Å². The molecule has 3 rings (SSSR count). The van der Waals surface area contributed by atoms with E-state index >= 15 is 0 Å². The first kappa shape index (κ1) is 10.7. The molecule has 1 aromatic heterocycles. The van der Waals surface area contributed by atoms with Crippen LogP contribution in [0.2, 0.25) is 0 Å². The molecule has 1 atom stereocenters. The Kier molecular flexibility index (Phi) is 2.81. The zero-order valence-electron chi connectivity index (χ0n) is 9.84. The summed E-state index contributed by atoms with van der Waals surface area (Å²) in [6.45, 7) is 0. The van der Waals surface area contributed by atoms with Gasteiger partial charge in [-0.2, -0.15) is 0 Å². The number of rotatable bonds is 3. The maximum Gasteiger partial charge on any atom is 0.0705 e. The second-order valence-corrected chi connectivity index (χ2v) is 4.96. The van der Waals surface area contributed by atoms with E-state index in [-0.39, 0.29) is 6.10 Å². The first-order chi connectivity index (χ1) is 8.33. The molecule has 1 heterocycles. The summed E-state index contributed by atoms with van der Waals surface area (Å²) < 4.78 is 0. The molecule has 0 radical (unpaired) electrons. The highest BCUT2D eigenvalue weighted by molar-refractivity contribution is 5.78. The molecule has 2 aromatic rings. The van der Waals surface area contributed by atoms with Crippen LogP contribution in [0, 0.1) is 5.92 Å². The highest BCUT2D eigenvalue weighted by Crippen LogP contribution is 2.30. The molecule has 1 fully saturated rings. The number of aliphatic hydroxyl groups excluding tert-OH is 1. The summed E-state index contributed by atoms with van der Waals surface area (Å²) in [5.41, 5.74) is 2.02. The maximum absolute atomic E-state index is 10.1. The van der Waals surface area contributed by atoms with Crippen molar-refractivity contribution in [1.29, 1.82) is 0 Å². The number of aromatic nitrogens is 1.